The summed E-state index contributed by atoms with van der Waals surface area (Å²) < 4.78 is 5.67. The SMILES string of the molecule is Cc1ccc(NC(=O)C(OC(=O)c2ccccc2C(=O)N(C)c2ccccc2)c2ccccc2)c([N+](=O)[O-])c1. The van der Waals surface area contributed by atoms with E-state index < -0.39 is 28.8 Å². The van der Waals surface area contributed by atoms with Crippen molar-refractivity contribution in [3.8, 4) is 0 Å². The number of benzene rings is 4. The first kappa shape index (κ1) is 26.7. The van der Waals surface area contributed by atoms with Gasteiger partial charge in [0.25, 0.3) is 17.5 Å². The molecule has 9 heteroatoms. The number of ether oxygens (including phenoxy) is 1. The smallest absolute Gasteiger partial charge is 0.340 e. The molecule has 0 aromatic heterocycles. The molecule has 0 aliphatic rings. The molecule has 4 aromatic carbocycles. The topological polar surface area (TPSA) is 119 Å². The number of rotatable bonds is 8. The number of nitrogens with zero attached hydrogens (tertiary/aromatic N) is 2. The van der Waals surface area contributed by atoms with E-state index in [0.717, 1.165) is 0 Å². The number of amides is 2. The number of hydrogen-bond acceptors (Lipinski definition) is 6. The minimum Gasteiger partial charge on any atom is -0.444 e. The number of para-hydroxylation sites is 1. The van der Waals surface area contributed by atoms with Crippen LogP contribution in [0, 0.1) is 17.0 Å². The average Bonchev–Trinajstić information content (AvgIpc) is 2.96. The molecule has 1 unspecified atom stereocenters. The summed E-state index contributed by atoms with van der Waals surface area (Å²) in [6, 6.07) is 27.8. The third-order valence-corrected chi connectivity index (χ3v) is 6.00. The maximum Gasteiger partial charge on any atom is 0.340 e. The summed E-state index contributed by atoms with van der Waals surface area (Å²) >= 11 is 0. The zero-order chi connectivity index (χ0) is 27.9. The standard InChI is InChI=1S/C30H25N3O6/c1-20-17-18-25(26(19-20)33(37)38)31-28(34)27(21-11-5-3-6-12-21)39-30(36)24-16-10-9-15-23(24)29(35)32(2)22-13-7-4-8-14-22/h3-19,27H,1-2H3,(H,31,34). The van der Waals surface area contributed by atoms with Gasteiger partial charge in [0, 0.05) is 24.4 Å². The van der Waals surface area contributed by atoms with Gasteiger partial charge < -0.3 is 15.0 Å². The molecule has 1 atom stereocenters. The van der Waals surface area contributed by atoms with Crippen LogP contribution in [-0.2, 0) is 9.53 Å². The van der Waals surface area contributed by atoms with Crippen LogP contribution >= 0.6 is 0 Å². The van der Waals surface area contributed by atoms with E-state index in [2.05, 4.69) is 5.32 Å². The summed E-state index contributed by atoms with van der Waals surface area (Å²) in [7, 11) is 1.59. The molecule has 0 spiro atoms. The minimum absolute atomic E-state index is 0.0275. The molecule has 0 aliphatic carbocycles. The summed E-state index contributed by atoms with van der Waals surface area (Å²) in [4.78, 5) is 52.4. The molecule has 2 amide bonds. The largest absolute Gasteiger partial charge is 0.444 e. The lowest BCUT2D eigenvalue weighted by atomic mass is 10.1. The van der Waals surface area contributed by atoms with E-state index in [1.54, 1.807) is 86.8 Å². The normalized spacial score (nSPS) is 11.2. The number of carbonyl (C=O) groups excluding carboxylic acids is 3. The van der Waals surface area contributed by atoms with Crippen LogP contribution in [0.25, 0.3) is 0 Å². The van der Waals surface area contributed by atoms with E-state index in [1.165, 1.54) is 29.2 Å². The fraction of sp³-hybridized carbons (Fsp3) is 0.100. The molecule has 0 radical (unpaired) electrons. The summed E-state index contributed by atoms with van der Waals surface area (Å²) in [5.41, 5.74) is 1.37. The van der Waals surface area contributed by atoms with Gasteiger partial charge in [-0.2, -0.15) is 0 Å². The Morgan fingerprint density at radius 2 is 1.44 bits per heavy atom. The highest BCUT2D eigenvalue weighted by molar-refractivity contribution is 6.12. The Balaban J connectivity index is 1.64. The van der Waals surface area contributed by atoms with E-state index in [0.29, 0.717) is 16.8 Å². The van der Waals surface area contributed by atoms with E-state index in [-0.39, 0.29) is 22.5 Å². The molecule has 0 fully saturated rings. The third kappa shape index (κ3) is 6.16. The van der Waals surface area contributed by atoms with Crippen LogP contribution in [0.3, 0.4) is 0 Å². The second-order valence-corrected chi connectivity index (χ2v) is 8.71. The van der Waals surface area contributed by atoms with Gasteiger partial charge in [-0.15, -0.1) is 0 Å². The van der Waals surface area contributed by atoms with Gasteiger partial charge in [-0.3, -0.25) is 19.7 Å². The Morgan fingerprint density at radius 1 is 0.846 bits per heavy atom. The molecule has 196 valence electrons. The summed E-state index contributed by atoms with van der Waals surface area (Å²) in [6.45, 7) is 1.70. The zero-order valence-electron chi connectivity index (χ0n) is 21.2. The number of hydrogen-bond donors (Lipinski definition) is 1. The molecule has 0 saturated heterocycles. The van der Waals surface area contributed by atoms with Crippen molar-refractivity contribution in [1.29, 1.82) is 0 Å². The monoisotopic (exact) mass is 523 g/mol. The molecule has 4 rings (SSSR count). The average molecular weight is 524 g/mol. The number of nitrogens with one attached hydrogen (secondary N) is 1. The van der Waals surface area contributed by atoms with E-state index in [1.807, 2.05) is 6.07 Å². The minimum atomic E-state index is -1.45. The summed E-state index contributed by atoms with van der Waals surface area (Å²) in [5, 5.41) is 14.1. The molecule has 4 aromatic rings. The van der Waals surface area contributed by atoms with Gasteiger partial charge >= 0.3 is 5.97 Å². The number of nitro benzene ring substituents is 1. The number of esters is 1. The first-order valence-corrected chi connectivity index (χ1v) is 12.0. The van der Waals surface area contributed by atoms with Gasteiger partial charge in [-0.1, -0.05) is 66.7 Å². The van der Waals surface area contributed by atoms with E-state index in [4.69, 9.17) is 4.74 Å². The second kappa shape index (κ2) is 11.8. The van der Waals surface area contributed by atoms with Gasteiger partial charge in [-0.05, 0) is 42.8 Å². The Bertz CT molecular complexity index is 1520. The Labute approximate surface area is 224 Å². The lowest BCUT2D eigenvalue weighted by Gasteiger charge is -2.21. The van der Waals surface area contributed by atoms with Crippen LogP contribution in [0.1, 0.15) is 37.9 Å². The summed E-state index contributed by atoms with van der Waals surface area (Å²) in [5.74, 6) is -2.13. The Morgan fingerprint density at radius 3 is 2.08 bits per heavy atom. The molecule has 0 aliphatic heterocycles. The van der Waals surface area contributed by atoms with Crippen molar-refractivity contribution in [3.05, 3.63) is 135 Å². The van der Waals surface area contributed by atoms with E-state index in [9.17, 15) is 24.5 Å². The highest BCUT2D eigenvalue weighted by Crippen LogP contribution is 2.29. The van der Waals surface area contributed by atoms with Crippen molar-refractivity contribution in [2.24, 2.45) is 0 Å². The fourth-order valence-corrected chi connectivity index (χ4v) is 3.97. The van der Waals surface area contributed by atoms with Crippen LogP contribution in [0.4, 0.5) is 17.1 Å². The number of anilines is 2. The van der Waals surface area contributed by atoms with Crippen LogP contribution in [-0.4, -0.2) is 29.8 Å². The molecule has 0 heterocycles. The molecule has 0 saturated carbocycles. The van der Waals surface area contributed by atoms with Crippen LogP contribution in [0.15, 0.2) is 103 Å². The maximum absolute atomic E-state index is 13.4. The molecule has 39 heavy (non-hydrogen) atoms. The lowest BCUT2D eigenvalue weighted by molar-refractivity contribution is -0.384. The van der Waals surface area contributed by atoms with Crippen LogP contribution in [0.5, 0.6) is 0 Å². The van der Waals surface area contributed by atoms with Crippen molar-refractivity contribution >= 4 is 34.8 Å². The first-order valence-electron chi connectivity index (χ1n) is 12.0. The lowest BCUT2D eigenvalue weighted by Crippen LogP contribution is -2.30. The van der Waals surface area contributed by atoms with Crippen molar-refractivity contribution in [1.82, 2.24) is 0 Å². The quantitative estimate of drug-likeness (QED) is 0.179. The Hall–Kier alpha value is -5.31. The van der Waals surface area contributed by atoms with Crippen molar-refractivity contribution < 1.29 is 24.0 Å². The van der Waals surface area contributed by atoms with Gasteiger partial charge in [-0.25, -0.2) is 4.79 Å². The van der Waals surface area contributed by atoms with Crippen LogP contribution < -0.4 is 10.2 Å². The van der Waals surface area contributed by atoms with E-state index >= 15 is 0 Å². The molecule has 9 nitrogen and oxygen atoms in total. The fourth-order valence-electron chi connectivity index (χ4n) is 3.97. The van der Waals surface area contributed by atoms with Gasteiger partial charge in [0.05, 0.1) is 16.1 Å². The molecular weight excluding hydrogens is 498 g/mol. The van der Waals surface area contributed by atoms with Crippen molar-refractivity contribution in [2.45, 2.75) is 13.0 Å². The van der Waals surface area contributed by atoms with Crippen molar-refractivity contribution in [3.63, 3.8) is 0 Å². The number of carbonyl (C=O) groups is 3. The van der Waals surface area contributed by atoms with Crippen LogP contribution in [0.2, 0.25) is 0 Å². The maximum atomic E-state index is 13.4. The highest BCUT2D eigenvalue weighted by Gasteiger charge is 2.30. The van der Waals surface area contributed by atoms with Crippen molar-refractivity contribution in [2.75, 3.05) is 17.3 Å². The predicted octanol–water partition coefficient (Wildman–Crippen LogP) is 5.72. The Kier molecular flexibility index (Phi) is 8.11. The second-order valence-electron chi connectivity index (χ2n) is 8.71. The molecular formula is C30H25N3O6. The highest BCUT2D eigenvalue weighted by atomic mass is 16.6. The first-order chi connectivity index (χ1) is 18.8. The number of aryl methyl sites for hydroxylation is 1. The third-order valence-electron chi connectivity index (χ3n) is 6.00. The number of nitro groups is 1. The predicted molar refractivity (Wildman–Crippen MR) is 147 cm³/mol. The van der Waals surface area contributed by atoms with Gasteiger partial charge in [0.1, 0.15) is 5.69 Å². The zero-order valence-corrected chi connectivity index (χ0v) is 21.2. The van der Waals surface area contributed by atoms with Gasteiger partial charge in [0.2, 0.25) is 6.10 Å². The molecule has 0 bridgehead atoms. The molecule has 1 N–H and O–H groups in total. The van der Waals surface area contributed by atoms with Gasteiger partial charge in [0.15, 0.2) is 0 Å². The summed E-state index contributed by atoms with van der Waals surface area (Å²) in [6.07, 6.45) is -1.45.